The predicted octanol–water partition coefficient (Wildman–Crippen LogP) is 5.53. The van der Waals surface area contributed by atoms with E-state index in [0.29, 0.717) is 11.3 Å². The lowest BCUT2D eigenvalue weighted by Gasteiger charge is -2.31. The van der Waals surface area contributed by atoms with Gasteiger partial charge in [0.2, 0.25) is 0 Å². The molecule has 0 radical (unpaired) electrons. The Kier molecular flexibility index (Phi) is 6.92. The van der Waals surface area contributed by atoms with Crippen LogP contribution in [0.25, 0.3) is 16.7 Å². The normalized spacial score (nSPS) is 15.4. The van der Waals surface area contributed by atoms with E-state index in [1.807, 2.05) is 49.4 Å². The Morgan fingerprint density at radius 2 is 1.83 bits per heavy atom. The van der Waals surface area contributed by atoms with Crippen molar-refractivity contribution in [3.05, 3.63) is 75.9 Å². The summed E-state index contributed by atoms with van der Waals surface area (Å²) in [7, 11) is 1.67. The number of hydrogen-bond donors (Lipinski definition) is 0. The SMILES string of the molecule is COc1ccc(-n2c(SCc3cc(=O)oc4cc(C)ccc34)nnc2C(C)N2CCCCC2)cc1. The highest BCUT2D eigenvalue weighted by molar-refractivity contribution is 7.98. The van der Waals surface area contributed by atoms with Crippen molar-refractivity contribution >= 4 is 22.7 Å². The fourth-order valence-electron chi connectivity index (χ4n) is 4.69. The first kappa shape index (κ1) is 23.6. The summed E-state index contributed by atoms with van der Waals surface area (Å²) in [5.74, 6) is 2.31. The molecule has 1 atom stereocenters. The first-order valence-electron chi connectivity index (χ1n) is 12.0. The highest BCUT2D eigenvalue weighted by Gasteiger charge is 2.25. The number of fused-ring (bicyclic) bond motifs is 1. The third-order valence-corrected chi connectivity index (χ3v) is 7.62. The van der Waals surface area contributed by atoms with Gasteiger partial charge in [-0.25, -0.2) is 4.79 Å². The molecule has 1 aliphatic rings. The number of hydrogen-bond acceptors (Lipinski definition) is 7. The molecule has 0 N–H and O–H groups in total. The van der Waals surface area contributed by atoms with Gasteiger partial charge in [0.25, 0.3) is 0 Å². The lowest BCUT2D eigenvalue weighted by Crippen LogP contribution is -2.33. The number of nitrogens with zero attached hydrogens (tertiary/aromatic N) is 4. The van der Waals surface area contributed by atoms with Gasteiger partial charge < -0.3 is 9.15 Å². The molecule has 4 aromatic rings. The Morgan fingerprint density at radius 3 is 2.57 bits per heavy atom. The summed E-state index contributed by atoms with van der Waals surface area (Å²) in [5, 5.41) is 11.0. The number of aromatic nitrogens is 3. The molecule has 2 aromatic heterocycles. The molecule has 2 aromatic carbocycles. The second kappa shape index (κ2) is 10.3. The zero-order valence-electron chi connectivity index (χ0n) is 20.4. The third kappa shape index (κ3) is 4.99. The van der Waals surface area contributed by atoms with Crippen molar-refractivity contribution in [2.24, 2.45) is 0 Å². The standard InChI is InChI=1S/C27H30N4O3S/c1-18-7-12-23-20(16-25(32)34-24(23)15-18)17-35-27-29-28-26(19(2)30-13-5-4-6-14-30)31(27)21-8-10-22(33-3)11-9-21/h7-12,15-16,19H,4-6,13-14,17H2,1-3H3. The largest absolute Gasteiger partial charge is 0.497 e. The number of piperidine rings is 1. The molecule has 0 aliphatic carbocycles. The molecule has 182 valence electrons. The molecule has 1 unspecified atom stereocenters. The first-order chi connectivity index (χ1) is 17.0. The van der Waals surface area contributed by atoms with Crippen LogP contribution in [-0.2, 0) is 5.75 Å². The molecule has 1 aliphatic heterocycles. The number of likely N-dealkylation sites (tertiary alicyclic amines) is 1. The van der Waals surface area contributed by atoms with Crippen LogP contribution in [0.2, 0.25) is 0 Å². The number of aryl methyl sites for hydroxylation is 1. The van der Waals surface area contributed by atoms with Crippen LogP contribution in [0, 0.1) is 6.92 Å². The minimum Gasteiger partial charge on any atom is -0.497 e. The van der Waals surface area contributed by atoms with Gasteiger partial charge in [-0.05, 0) is 81.2 Å². The molecule has 1 saturated heterocycles. The molecular weight excluding hydrogens is 460 g/mol. The van der Waals surface area contributed by atoms with E-state index in [4.69, 9.17) is 9.15 Å². The fraction of sp³-hybridized carbons (Fsp3) is 0.370. The molecule has 35 heavy (non-hydrogen) atoms. The Bertz CT molecular complexity index is 1370. The molecule has 0 bridgehead atoms. The molecule has 0 saturated carbocycles. The Hall–Kier alpha value is -3.10. The van der Waals surface area contributed by atoms with E-state index < -0.39 is 0 Å². The summed E-state index contributed by atoms with van der Waals surface area (Å²) < 4.78 is 12.9. The second-order valence-corrected chi connectivity index (χ2v) is 9.97. The molecule has 3 heterocycles. The summed E-state index contributed by atoms with van der Waals surface area (Å²) in [6.07, 6.45) is 3.71. The molecule has 5 rings (SSSR count). The number of ether oxygens (including phenoxy) is 1. The number of thioether (sulfide) groups is 1. The summed E-state index contributed by atoms with van der Waals surface area (Å²) in [4.78, 5) is 14.7. The van der Waals surface area contributed by atoms with Gasteiger partial charge in [-0.15, -0.1) is 10.2 Å². The van der Waals surface area contributed by atoms with Crippen molar-refractivity contribution in [2.45, 2.75) is 50.1 Å². The van der Waals surface area contributed by atoms with Gasteiger partial charge in [0, 0.05) is 22.9 Å². The van der Waals surface area contributed by atoms with Crippen LogP contribution in [0.4, 0.5) is 0 Å². The minimum atomic E-state index is -0.338. The van der Waals surface area contributed by atoms with Crippen LogP contribution in [0.15, 0.2) is 62.9 Å². The Balaban J connectivity index is 1.50. The van der Waals surface area contributed by atoms with Crippen molar-refractivity contribution < 1.29 is 9.15 Å². The van der Waals surface area contributed by atoms with Crippen LogP contribution in [-0.4, -0.2) is 39.9 Å². The van der Waals surface area contributed by atoms with Gasteiger partial charge in [0.15, 0.2) is 11.0 Å². The van der Waals surface area contributed by atoms with Crippen LogP contribution in [0.1, 0.15) is 49.2 Å². The average Bonchev–Trinajstić information content (AvgIpc) is 3.31. The first-order valence-corrected chi connectivity index (χ1v) is 13.0. The van der Waals surface area contributed by atoms with E-state index in [9.17, 15) is 4.79 Å². The summed E-state index contributed by atoms with van der Waals surface area (Å²) in [6.45, 7) is 6.35. The van der Waals surface area contributed by atoms with Gasteiger partial charge in [-0.3, -0.25) is 9.47 Å². The molecule has 0 spiro atoms. The monoisotopic (exact) mass is 490 g/mol. The lowest BCUT2D eigenvalue weighted by atomic mass is 10.1. The number of benzene rings is 2. The topological polar surface area (TPSA) is 73.4 Å². The van der Waals surface area contributed by atoms with Gasteiger partial charge in [-0.2, -0.15) is 0 Å². The Labute approximate surface area is 209 Å². The van der Waals surface area contributed by atoms with Crippen molar-refractivity contribution in [3.63, 3.8) is 0 Å². The van der Waals surface area contributed by atoms with E-state index in [-0.39, 0.29) is 11.7 Å². The number of methoxy groups -OCH3 is 1. The fourth-order valence-corrected chi connectivity index (χ4v) is 5.64. The van der Waals surface area contributed by atoms with Crippen LogP contribution in [0.5, 0.6) is 5.75 Å². The van der Waals surface area contributed by atoms with Crippen molar-refractivity contribution in [3.8, 4) is 11.4 Å². The van der Waals surface area contributed by atoms with E-state index in [0.717, 1.165) is 52.0 Å². The van der Waals surface area contributed by atoms with Crippen molar-refractivity contribution in [1.29, 1.82) is 0 Å². The van der Waals surface area contributed by atoms with Gasteiger partial charge in [0.1, 0.15) is 11.3 Å². The zero-order valence-corrected chi connectivity index (χ0v) is 21.2. The third-order valence-electron chi connectivity index (χ3n) is 6.64. The summed E-state index contributed by atoms with van der Waals surface area (Å²) >= 11 is 1.58. The smallest absolute Gasteiger partial charge is 0.336 e. The minimum absolute atomic E-state index is 0.145. The van der Waals surface area contributed by atoms with E-state index in [1.54, 1.807) is 24.9 Å². The van der Waals surface area contributed by atoms with Crippen LogP contribution >= 0.6 is 11.8 Å². The molecule has 1 fully saturated rings. The zero-order chi connectivity index (χ0) is 24.4. The quantitative estimate of drug-likeness (QED) is 0.249. The second-order valence-electron chi connectivity index (χ2n) is 9.03. The van der Waals surface area contributed by atoms with Crippen molar-refractivity contribution in [2.75, 3.05) is 20.2 Å². The highest BCUT2D eigenvalue weighted by atomic mass is 32.2. The highest BCUT2D eigenvalue weighted by Crippen LogP contribution is 2.32. The maximum atomic E-state index is 12.2. The maximum Gasteiger partial charge on any atom is 0.336 e. The maximum absolute atomic E-state index is 12.2. The predicted molar refractivity (Wildman–Crippen MR) is 139 cm³/mol. The molecule has 8 heteroatoms. The van der Waals surface area contributed by atoms with Gasteiger partial charge in [-0.1, -0.05) is 30.3 Å². The van der Waals surface area contributed by atoms with Crippen LogP contribution in [0.3, 0.4) is 0 Å². The molecular formula is C27H30N4O3S. The number of rotatable bonds is 7. The van der Waals surface area contributed by atoms with E-state index in [2.05, 4.69) is 26.6 Å². The lowest BCUT2D eigenvalue weighted by molar-refractivity contribution is 0.167. The summed E-state index contributed by atoms with van der Waals surface area (Å²) in [5.41, 5.74) is 3.25. The summed E-state index contributed by atoms with van der Waals surface area (Å²) in [6, 6.07) is 15.7. The van der Waals surface area contributed by atoms with Crippen molar-refractivity contribution in [1.82, 2.24) is 19.7 Å². The van der Waals surface area contributed by atoms with Crippen LogP contribution < -0.4 is 10.4 Å². The average molecular weight is 491 g/mol. The molecule has 7 nitrogen and oxygen atoms in total. The van der Waals surface area contributed by atoms with E-state index >= 15 is 0 Å². The van der Waals surface area contributed by atoms with Gasteiger partial charge >= 0.3 is 5.63 Å². The van der Waals surface area contributed by atoms with E-state index in [1.165, 1.54) is 19.3 Å². The molecule has 0 amide bonds. The van der Waals surface area contributed by atoms with Gasteiger partial charge in [0.05, 0.1) is 13.2 Å². The Morgan fingerprint density at radius 1 is 1.06 bits per heavy atom.